The Morgan fingerprint density at radius 2 is 1.70 bits per heavy atom. The Kier molecular flexibility index (Phi) is 4.16. The van der Waals surface area contributed by atoms with E-state index in [2.05, 4.69) is 5.10 Å². The second-order valence-electron chi connectivity index (χ2n) is 5.00. The third-order valence-electron chi connectivity index (χ3n) is 3.67. The van der Waals surface area contributed by atoms with Crippen LogP contribution in [0.25, 0.3) is 11.0 Å². The lowest BCUT2D eigenvalue weighted by molar-refractivity contribution is 0.355. The van der Waals surface area contributed by atoms with Crippen molar-refractivity contribution in [3.63, 3.8) is 0 Å². The number of benzene rings is 2. The molecule has 0 aliphatic carbocycles. The standard InChI is InChI=1S/C17H17N3O2S/c1-19-13-6-4-5-7-14(13)20(17(19)23)18-11-12-8-9-15(21-2)16(10-12)22-3/h4-11H,1-3H3/b18-11-. The van der Waals surface area contributed by atoms with E-state index in [0.29, 0.717) is 16.3 Å². The molecule has 5 nitrogen and oxygen atoms in total. The van der Waals surface area contributed by atoms with E-state index in [9.17, 15) is 0 Å². The fourth-order valence-corrected chi connectivity index (χ4v) is 2.69. The first-order valence-electron chi connectivity index (χ1n) is 7.08. The van der Waals surface area contributed by atoms with Crippen molar-refractivity contribution in [2.24, 2.45) is 12.1 Å². The summed E-state index contributed by atoms with van der Waals surface area (Å²) in [6, 6.07) is 13.6. The van der Waals surface area contributed by atoms with Crippen LogP contribution in [0.4, 0.5) is 0 Å². The lowest BCUT2D eigenvalue weighted by Crippen LogP contribution is -1.95. The number of nitrogens with zero attached hydrogens (tertiary/aromatic N) is 3. The minimum atomic E-state index is 0.642. The summed E-state index contributed by atoms with van der Waals surface area (Å²) in [7, 11) is 5.16. The summed E-state index contributed by atoms with van der Waals surface area (Å²) in [6.45, 7) is 0. The van der Waals surface area contributed by atoms with E-state index < -0.39 is 0 Å². The van der Waals surface area contributed by atoms with Gasteiger partial charge in [0.1, 0.15) is 0 Å². The number of rotatable bonds is 4. The van der Waals surface area contributed by atoms with Gasteiger partial charge in [-0.1, -0.05) is 12.1 Å². The maximum Gasteiger partial charge on any atom is 0.201 e. The van der Waals surface area contributed by atoms with Crippen LogP contribution in [0.3, 0.4) is 0 Å². The van der Waals surface area contributed by atoms with Gasteiger partial charge >= 0.3 is 0 Å². The van der Waals surface area contributed by atoms with E-state index >= 15 is 0 Å². The molecule has 0 radical (unpaired) electrons. The molecule has 2 aromatic carbocycles. The molecule has 0 saturated carbocycles. The van der Waals surface area contributed by atoms with Gasteiger partial charge in [-0.3, -0.25) is 0 Å². The van der Waals surface area contributed by atoms with Gasteiger partial charge in [-0.2, -0.15) is 5.10 Å². The molecule has 0 saturated heterocycles. The molecule has 118 valence electrons. The number of hydrogen-bond acceptors (Lipinski definition) is 4. The topological polar surface area (TPSA) is 40.7 Å². The van der Waals surface area contributed by atoms with Crippen LogP contribution >= 0.6 is 12.2 Å². The average molecular weight is 327 g/mol. The molecule has 0 aliphatic rings. The first-order chi connectivity index (χ1) is 11.2. The third kappa shape index (κ3) is 2.73. The Bertz CT molecular complexity index is 941. The minimum absolute atomic E-state index is 0.642. The van der Waals surface area contributed by atoms with Crippen molar-refractivity contribution in [2.75, 3.05) is 14.2 Å². The van der Waals surface area contributed by atoms with Crippen LogP contribution in [0.2, 0.25) is 0 Å². The predicted molar refractivity (Wildman–Crippen MR) is 94.3 cm³/mol. The number of aryl methyl sites for hydroxylation is 1. The Balaban J connectivity index is 2.04. The maximum absolute atomic E-state index is 5.47. The van der Waals surface area contributed by atoms with E-state index in [1.54, 1.807) is 25.1 Å². The molecule has 1 aromatic heterocycles. The number of hydrogen-bond donors (Lipinski definition) is 0. The summed E-state index contributed by atoms with van der Waals surface area (Å²) in [5, 5.41) is 4.53. The van der Waals surface area contributed by atoms with Gasteiger partial charge in [0, 0.05) is 7.05 Å². The van der Waals surface area contributed by atoms with Crippen LogP contribution < -0.4 is 9.47 Å². The number of imidazole rings is 1. The highest BCUT2D eigenvalue weighted by molar-refractivity contribution is 7.71. The van der Waals surface area contributed by atoms with Crippen molar-refractivity contribution in [3.8, 4) is 11.5 Å². The molecule has 0 atom stereocenters. The lowest BCUT2D eigenvalue weighted by Gasteiger charge is -2.07. The van der Waals surface area contributed by atoms with E-state index in [4.69, 9.17) is 21.7 Å². The summed E-state index contributed by atoms with van der Waals surface area (Å²) in [4.78, 5) is 0. The highest BCUT2D eigenvalue weighted by Crippen LogP contribution is 2.27. The van der Waals surface area contributed by atoms with Gasteiger partial charge in [-0.05, 0) is 48.1 Å². The van der Waals surface area contributed by atoms with Gasteiger partial charge in [-0.25, -0.2) is 4.68 Å². The summed E-state index contributed by atoms with van der Waals surface area (Å²) in [5.41, 5.74) is 2.91. The van der Waals surface area contributed by atoms with Crippen molar-refractivity contribution in [1.29, 1.82) is 0 Å². The van der Waals surface area contributed by atoms with Crippen LogP contribution in [0.5, 0.6) is 11.5 Å². The summed E-state index contributed by atoms with van der Waals surface area (Å²) in [6.07, 6.45) is 1.75. The Labute approximate surface area is 139 Å². The monoisotopic (exact) mass is 327 g/mol. The van der Waals surface area contributed by atoms with E-state index in [-0.39, 0.29) is 0 Å². The fraction of sp³-hybridized carbons (Fsp3) is 0.176. The number of methoxy groups -OCH3 is 2. The molecular formula is C17H17N3O2S. The van der Waals surface area contributed by atoms with Gasteiger partial charge in [-0.15, -0.1) is 0 Å². The molecule has 1 heterocycles. The van der Waals surface area contributed by atoms with Crippen LogP contribution in [-0.4, -0.2) is 29.7 Å². The largest absolute Gasteiger partial charge is 0.493 e. The maximum atomic E-state index is 5.47. The number of para-hydroxylation sites is 2. The van der Waals surface area contributed by atoms with Gasteiger partial charge in [0.15, 0.2) is 11.5 Å². The third-order valence-corrected chi connectivity index (χ3v) is 4.12. The Morgan fingerprint density at radius 1 is 1.00 bits per heavy atom. The van der Waals surface area contributed by atoms with Gasteiger partial charge in [0.05, 0.1) is 31.5 Å². The average Bonchev–Trinajstić information content (AvgIpc) is 2.84. The zero-order chi connectivity index (χ0) is 16.4. The molecule has 0 amide bonds. The van der Waals surface area contributed by atoms with Crippen LogP contribution in [0.15, 0.2) is 47.6 Å². The predicted octanol–water partition coefficient (Wildman–Crippen LogP) is 3.61. The summed E-state index contributed by atoms with van der Waals surface area (Å²) >= 11 is 5.47. The molecule has 3 rings (SSSR count). The fourth-order valence-electron chi connectivity index (χ4n) is 2.44. The molecule has 0 N–H and O–H groups in total. The molecular weight excluding hydrogens is 310 g/mol. The first kappa shape index (κ1) is 15.3. The second kappa shape index (κ2) is 6.26. The summed E-state index contributed by atoms with van der Waals surface area (Å²) in [5.74, 6) is 1.35. The van der Waals surface area contributed by atoms with Crippen molar-refractivity contribution in [2.45, 2.75) is 0 Å². The molecule has 0 spiro atoms. The smallest absolute Gasteiger partial charge is 0.201 e. The zero-order valence-electron chi connectivity index (χ0n) is 13.2. The SMILES string of the molecule is COc1ccc(/C=N\n2c(=S)n(C)c3ccccc32)cc1OC. The number of ether oxygens (including phenoxy) is 2. The van der Waals surface area contributed by atoms with Gasteiger partial charge in [0.2, 0.25) is 4.77 Å². The van der Waals surface area contributed by atoms with Crippen molar-refractivity contribution in [3.05, 3.63) is 52.8 Å². The van der Waals surface area contributed by atoms with Gasteiger partial charge < -0.3 is 14.0 Å². The molecule has 0 unspecified atom stereocenters. The van der Waals surface area contributed by atoms with Gasteiger partial charge in [0.25, 0.3) is 0 Å². The van der Waals surface area contributed by atoms with Crippen LogP contribution in [0.1, 0.15) is 5.56 Å². The lowest BCUT2D eigenvalue weighted by atomic mass is 10.2. The van der Waals surface area contributed by atoms with E-state index in [1.807, 2.05) is 54.1 Å². The molecule has 23 heavy (non-hydrogen) atoms. The van der Waals surface area contributed by atoms with Crippen molar-refractivity contribution < 1.29 is 9.47 Å². The van der Waals surface area contributed by atoms with E-state index in [1.165, 1.54) is 0 Å². The molecule has 3 aromatic rings. The van der Waals surface area contributed by atoms with Crippen molar-refractivity contribution >= 4 is 29.5 Å². The van der Waals surface area contributed by atoms with Crippen LogP contribution in [0, 0.1) is 4.77 Å². The molecule has 0 bridgehead atoms. The normalized spacial score (nSPS) is 11.3. The molecule has 6 heteroatoms. The summed E-state index contributed by atoms with van der Waals surface area (Å²) < 4.78 is 14.9. The second-order valence-corrected chi connectivity index (χ2v) is 5.37. The quantitative estimate of drug-likeness (QED) is 0.543. The van der Waals surface area contributed by atoms with Crippen LogP contribution in [-0.2, 0) is 7.05 Å². The number of aromatic nitrogens is 2. The first-order valence-corrected chi connectivity index (χ1v) is 7.49. The highest BCUT2D eigenvalue weighted by Gasteiger charge is 2.06. The minimum Gasteiger partial charge on any atom is -0.493 e. The Morgan fingerprint density at radius 3 is 2.39 bits per heavy atom. The van der Waals surface area contributed by atoms with E-state index in [0.717, 1.165) is 16.6 Å². The zero-order valence-corrected chi connectivity index (χ0v) is 14.0. The Hall–Kier alpha value is -2.60. The highest BCUT2D eigenvalue weighted by atomic mass is 32.1. The molecule has 0 fully saturated rings. The van der Waals surface area contributed by atoms with Crippen molar-refractivity contribution in [1.82, 2.24) is 9.24 Å². The molecule has 0 aliphatic heterocycles. The number of fused-ring (bicyclic) bond motifs is 1.